The minimum atomic E-state index is -0.898. The lowest BCUT2D eigenvalue weighted by molar-refractivity contribution is -0.142. The molecule has 0 aliphatic heterocycles. The van der Waals surface area contributed by atoms with Gasteiger partial charge in [0.2, 0.25) is 0 Å². The highest BCUT2D eigenvalue weighted by Gasteiger charge is 1.95. The molecule has 0 heterocycles. The zero-order valence-corrected chi connectivity index (χ0v) is 7.51. The maximum atomic E-state index is 10.00. The summed E-state index contributed by atoms with van der Waals surface area (Å²) in [6.07, 6.45) is 3.14. The van der Waals surface area contributed by atoms with E-state index in [1.165, 1.54) is 0 Å². The summed E-state index contributed by atoms with van der Waals surface area (Å²) in [5.41, 5.74) is 0. The molecule has 72 valence electrons. The molecule has 0 aromatic heterocycles. The molecule has 0 saturated carbocycles. The van der Waals surface area contributed by atoms with Crippen molar-refractivity contribution in [3.8, 4) is 0 Å². The standard InChI is InChI=1S/C8H17NO3/c1-9-5-3-2-4-6-12-7-8(10)11/h9H,2-7H2,1H3,(H,10,11). The van der Waals surface area contributed by atoms with Crippen molar-refractivity contribution in [2.24, 2.45) is 0 Å². The van der Waals surface area contributed by atoms with Crippen LogP contribution in [0.2, 0.25) is 0 Å². The van der Waals surface area contributed by atoms with Gasteiger partial charge in [-0.3, -0.25) is 0 Å². The average molecular weight is 175 g/mol. The number of carboxylic acid groups (broad SMARTS) is 1. The predicted octanol–water partition coefficient (Wildman–Crippen LogP) is 0.477. The molecule has 0 spiro atoms. The average Bonchev–Trinajstić information content (AvgIpc) is 2.02. The normalized spacial score (nSPS) is 10.1. The molecule has 0 aliphatic carbocycles. The molecule has 0 saturated heterocycles. The fourth-order valence-electron chi connectivity index (χ4n) is 0.842. The highest BCUT2D eigenvalue weighted by Crippen LogP contribution is 1.94. The Morgan fingerprint density at radius 1 is 1.42 bits per heavy atom. The van der Waals surface area contributed by atoms with Crippen molar-refractivity contribution in [2.75, 3.05) is 26.8 Å². The van der Waals surface area contributed by atoms with Crippen LogP contribution in [0.4, 0.5) is 0 Å². The summed E-state index contributed by atoms with van der Waals surface area (Å²) >= 11 is 0. The summed E-state index contributed by atoms with van der Waals surface area (Å²) in [7, 11) is 1.92. The van der Waals surface area contributed by atoms with E-state index in [-0.39, 0.29) is 6.61 Å². The Morgan fingerprint density at radius 2 is 2.17 bits per heavy atom. The maximum absolute atomic E-state index is 10.00. The second-order valence-electron chi connectivity index (χ2n) is 2.61. The van der Waals surface area contributed by atoms with Gasteiger partial charge in [0.1, 0.15) is 6.61 Å². The number of ether oxygens (including phenoxy) is 1. The van der Waals surface area contributed by atoms with E-state index in [0.717, 1.165) is 25.8 Å². The third kappa shape index (κ3) is 9.39. The molecule has 0 atom stereocenters. The zero-order valence-electron chi connectivity index (χ0n) is 7.51. The number of carbonyl (C=O) groups is 1. The van der Waals surface area contributed by atoms with Crippen molar-refractivity contribution in [2.45, 2.75) is 19.3 Å². The molecule has 0 aromatic rings. The van der Waals surface area contributed by atoms with E-state index in [9.17, 15) is 4.79 Å². The molecule has 0 unspecified atom stereocenters. The van der Waals surface area contributed by atoms with Gasteiger partial charge in [0.15, 0.2) is 0 Å². The van der Waals surface area contributed by atoms with Gasteiger partial charge in [0.05, 0.1) is 0 Å². The first-order valence-electron chi connectivity index (χ1n) is 4.21. The first kappa shape index (κ1) is 11.4. The molecular weight excluding hydrogens is 158 g/mol. The van der Waals surface area contributed by atoms with E-state index in [1.807, 2.05) is 7.05 Å². The molecule has 0 rings (SSSR count). The van der Waals surface area contributed by atoms with Crippen molar-refractivity contribution < 1.29 is 14.6 Å². The fourth-order valence-corrected chi connectivity index (χ4v) is 0.842. The lowest BCUT2D eigenvalue weighted by atomic mass is 10.2. The Bertz CT molecular complexity index is 117. The van der Waals surface area contributed by atoms with Gasteiger partial charge in [-0.1, -0.05) is 0 Å². The number of aliphatic carboxylic acids is 1. The zero-order chi connectivity index (χ0) is 9.23. The van der Waals surface area contributed by atoms with Crippen LogP contribution in [0.5, 0.6) is 0 Å². The molecule has 0 amide bonds. The number of carboxylic acids is 1. The summed E-state index contributed by atoms with van der Waals surface area (Å²) in [6.45, 7) is 1.39. The summed E-state index contributed by atoms with van der Waals surface area (Å²) in [6, 6.07) is 0. The minimum absolute atomic E-state index is 0.175. The van der Waals surface area contributed by atoms with Crippen LogP contribution < -0.4 is 5.32 Å². The SMILES string of the molecule is CNCCCCCOCC(=O)O. The van der Waals surface area contributed by atoms with E-state index in [4.69, 9.17) is 9.84 Å². The van der Waals surface area contributed by atoms with Gasteiger partial charge in [-0.2, -0.15) is 0 Å². The van der Waals surface area contributed by atoms with Crippen molar-refractivity contribution in [1.82, 2.24) is 5.32 Å². The van der Waals surface area contributed by atoms with E-state index >= 15 is 0 Å². The second kappa shape index (κ2) is 8.49. The van der Waals surface area contributed by atoms with Crippen molar-refractivity contribution in [3.63, 3.8) is 0 Å². The number of unbranched alkanes of at least 4 members (excludes halogenated alkanes) is 2. The highest BCUT2D eigenvalue weighted by molar-refractivity contribution is 5.67. The monoisotopic (exact) mass is 175 g/mol. The van der Waals surface area contributed by atoms with Crippen molar-refractivity contribution in [1.29, 1.82) is 0 Å². The molecule has 4 nitrogen and oxygen atoms in total. The van der Waals surface area contributed by atoms with Gasteiger partial charge in [-0.05, 0) is 32.9 Å². The van der Waals surface area contributed by atoms with Gasteiger partial charge < -0.3 is 15.2 Å². The molecular formula is C8H17NO3. The third-order valence-electron chi connectivity index (χ3n) is 1.44. The van der Waals surface area contributed by atoms with E-state index in [1.54, 1.807) is 0 Å². The number of hydrogen-bond acceptors (Lipinski definition) is 3. The molecule has 12 heavy (non-hydrogen) atoms. The first-order valence-corrected chi connectivity index (χ1v) is 4.21. The lowest BCUT2D eigenvalue weighted by Crippen LogP contribution is -2.09. The molecule has 0 aromatic carbocycles. The van der Waals surface area contributed by atoms with E-state index in [2.05, 4.69) is 5.32 Å². The quantitative estimate of drug-likeness (QED) is 0.527. The van der Waals surface area contributed by atoms with Crippen molar-refractivity contribution >= 4 is 5.97 Å². The highest BCUT2D eigenvalue weighted by atomic mass is 16.5. The van der Waals surface area contributed by atoms with E-state index < -0.39 is 5.97 Å². The third-order valence-corrected chi connectivity index (χ3v) is 1.44. The topological polar surface area (TPSA) is 58.6 Å². The van der Waals surface area contributed by atoms with Crippen LogP contribution in [0.25, 0.3) is 0 Å². The van der Waals surface area contributed by atoms with Gasteiger partial charge in [-0.25, -0.2) is 4.79 Å². The van der Waals surface area contributed by atoms with Crippen molar-refractivity contribution in [3.05, 3.63) is 0 Å². The second-order valence-corrected chi connectivity index (χ2v) is 2.61. The smallest absolute Gasteiger partial charge is 0.329 e. The van der Waals surface area contributed by atoms with Gasteiger partial charge in [-0.15, -0.1) is 0 Å². The summed E-state index contributed by atoms with van der Waals surface area (Å²) < 4.78 is 4.86. The molecule has 0 bridgehead atoms. The summed E-state index contributed by atoms with van der Waals surface area (Å²) in [5, 5.41) is 11.3. The number of nitrogens with one attached hydrogen (secondary N) is 1. The van der Waals surface area contributed by atoms with Crippen LogP contribution in [-0.2, 0) is 9.53 Å². The van der Waals surface area contributed by atoms with Crippen LogP contribution in [0.15, 0.2) is 0 Å². The summed E-state index contributed by atoms with van der Waals surface area (Å²) in [5.74, 6) is -0.898. The van der Waals surface area contributed by atoms with E-state index in [0.29, 0.717) is 6.61 Å². The maximum Gasteiger partial charge on any atom is 0.329 e. The fraction of sp³-hybridized carbons (Fsp3) is 0.875. The van der Waals surface area contributed by atoms with Crippen LogP contribution in [0.3, 0.4) is 0 Å². The Kier molecular flexibility index (Phi) is 8.05. The molecule has 0 fully saturated rings. The van der Waals surface area contributed by atoms with Gasteiger partial charge in [0.25, 0.3) is 0 Å². The number of hydrogen-bond donors (Lipinski definition) is 2. The Hall–Kier alpha value is -0.610. The van der Waals surface area contributed by atoms with Crippen LogP contribution in [-0.4, -0.2) is 37.9 Å². The Morgan fingerprint density at radius 3 is 2.75 bits per heavy atom. The van der Waals surface area contributed by atoms with Gasteiger partial charge in [0, 0.05) is 6.61 Å². The van der Waals surface area contributed by atoms with Crippen LogP contribution >= 0.6 is 0 Å². The largest absolute Gasteiger partial charge is 0.480 e. The summed E-state index contributed by atoms with van der Waals surface area (Å²) in [4.78, 5) is 10.00. The minimum Gasteiger partial charge on any atom is -0.480 e. The Labute approximate surface area is 72.9 Å². The number of rotatable bonds is 8. The predicted molar refractivity (Wildman–Crippen MR) is 46.2 cm³/mol. The van der Waals surface area contributed by atoms with Crippen LogP contribution in [0, 0.1) is 0 Å². The molecule has 2 N–H and O–H groups in total. The lowest BCUT2D eigenvalue weighted by Gasteiger charge is -2.00. The van der Waals surface area contributed by atoms with Crippen LogP contribution in [0.1, 0.15) is 19.3 Å². The Balaban J connectivity index is 2.86. The first-order chi connectivity index (χ1) is 5.77. The molecule has 0 aliphatic rings. The molecule has 0 radical (unpaired) electrons. The molecule has 4 heteroatoms. The van der Waals surface area contributed by atoms with Gasteiger partial charge >= 0.3 is 5.97 Å².